The van der Waals surface area contributed by atoms with Gasteiger partial charge in [-0.25, -0.2) is 13.8 Å². The van der Waals surface area contributed by atoms with Gasteiger partial charge in [0.05, 0.1) is 23.6 Å². The molecule has 0 radical (unpaired) electrons. The van der Waals surface area contributed by atoms with Crippen molar-refractivity contribution in [1.82, 2.24) is 14.9 Å². The maximum atomic E-state index is 15.0. The number of carbonyl (C=O) groups excluding carboxylic acids is 1. The lowest BCUT2D eigenvalue weighted by molar-refractivity contribution is -0.167. The van der Waals surface area contributed by atoms with Crippen molar-refractivity contribution in [2.75, 3.05) is 4.90 Å². The third-order valence-corrected chi connectivity index (χ3v) is 6.81. The van der Waals surface area contributed by atoms with Gasteiger partial charge < -0.3 is 9.88 Å². The number of carbonyl (C=O) groups is 1. The Labute approximate surface area is 215 Å². The smallest absolute Gasteiger partial charge is 0.349 e. The zero-order valence-electron chi connectivity index (χ0n) is 19.8. The highest BCUT2D eigenvalue weighted by Gasteiger charge is 2.53. The number of imidazole rings is 1. The van der Waals surface area contributed by atoms with Crippen molar-refractivity contribution in [3.05, 3.63) is 71.5 Å². The highest BCUT2D eigenvalue weighted by atomic mass is 32.1. The summed E-state index contributed by atoms with van der Waals surface area (Å²) in [5, 5.41) is 8.78. The van der Waals surface area contributed by atoms with Crippen LogP contribution in [0.15, 0.2) is 54.3 Å². The van der Waals surface area contributed by atoms with Gasteiger partial charge in [-0.3, -0.25) is 9.69 Å². The molecule has 12 heteroatoms. The number of H-pyrrole nitrogens is 1. The van der Waals surface area contributed by atoms with Crippen LogP contribution in [-0.4, -0.2) is 37.6 Å². The fourth-order valence-electron chi connectivity index (χ4n) is 4.50. The first-order chi connectivity index (χ1) is 17.4. The third-order valence-electron chi connectivity index (χ3n) is 6.44. The Bertz CT molecular complexity index is 1330. The number of rotatable bonds is 6. The van der Waals surface area contributed by atoms with Crippen LogP contribution in [0, 0.1) is 29.0 Å². The molecule has 1 aromatic heterocycles. The number of halogens is 5. The first-order valence-corrected chi connectivity index (χ1v) is 11.8. The Morgan fingerprint density at radius 2 is 1.95 bits per heavy atom. The van der Waals surface area contributed by atoms with Gasteiger partial charge >= 0.3 is 6.18 Å². The number of nitriles is 1. The lowest BCUT2D eigenvalue weighted by Gasteiger charge is -2.30. The number of aromatic nitrogens is 2. The minimum atomic E-state index is -4.85. The second kappa shape index (κ2) is 9.70. The van der Waals surface area contributed by atoms with Gasteiger partial charge in [0.2, 0.25) is 0 Å². The fourth-order valence-corrected chi connectivity index (χ4v) is 5.01. The first kappa shape index (κ1) is 26.5. The molecule has 6 nitrogen and oxygen atoms in total. The number of allylic oxidation sites excluding steroid dienone is 3. The number of aromatic amines is 1. The van der Waals surface area contributed by atoms with Crippen LogP contribution in [0.25, 0.3) is 0 Å². The summed E-state index contributed by atoms with van der Waals surface area (Å²) in [6, 6.07) is 5.74. The number of hydrogen-bond acceptors (Lipinski definition) is 4. The van der Waals surface area contributed by atoms with Crippen LogP contribution in [-0.2, 0) is 17.6 Å². The van der Waals surface area contributed by atoms with Gasteiger partial charge in [0.25, 0.3) is 5.91 Å². The van der Waals surface area contributed by atoms with Crippen molar-refractivity contribution in [3.8, 4) is 6.07 Å². The molecule has 1 amide bonds. The molecular formula is C25H22F5N5OS. The third kappa shape index (κ3) is 4.87. The number of nitrogens with zero attached hydrogens (tertiary/aromatic N) is 4. The van der Waals surface area contributed by atoms with Crippen molar-refractivity contribution in [2.45, 2.75) is 44.8 Å². The van der Waals surface area contributed by atoms with Gasteiger partial charge in [-0.15, -0.1) is 0 Å². The SMILES string of the molecule is CC1(C)C(=O)N(C2=CC(C(F)(F)F)C(C#N)C=C2F)C(=S)N1c1ccc(CCCc2ncc[nH]2)c(F)c1. The summed E-state index contributed by atoms with van der Waals surface area (Å²) in [4.78, 5) is 22.4. The average Bonchev–Trinajstić information content (AvgIpc) is 3.39. The Morgan fingerprint density at radius 1 is 1.22 bits per heavy atom. The van der Waals surface area contributed by atoms with Crippen molar-refractivity contribution in [2.24, 2.45) is 11.8 Å². The summed E-state index contributed by atoms with van der Waals surface area (Å²) >= 11 is 5.40. The molecule has 4 rings (SSSR count). The number of thiocarbonyl (C=S) groups is 1. The van der Waals surface area contributed by atoms with E-state index < -0.39 is 46.8 Å². The van der Waals surface area contributed by atoms with Gasteiger partial charge in [-0.2, -0.15) is 18.4 Å². The first-order valence-electron chi connectivity index (χ1n) is 11.4. The van der Waals surface area contributed by atoms with Crippen LogP contribution in [0.2, 0.25) is 0 Å². The van der Waals surface area contributed by atoms with Gasteiger partial charge in [0.1, 0.15) is 23.0 Å². The fraction of sp³-hybridized carbons (Fsp3) is 0.360. The van der Waals surface area contributed by atoms with Crippen LogP contribution in [0.3, 0.4) is 0 Å². The quantitative estimate of drug-likeness (QED) is 0.390. The van der Waals surface area contributed by atoms with Gasteiger partial charge in [-0.1, -0.05) is 6.07 Å². The van der Waals surface area contributed by atoms with Crippen molar-refractivity contribution >= 4 is 28.9 Å². The maximum Gasteiger partial charge on any atom is 0.396 e. The molecular weight excluding hydrogens is 513 g/mol. The van der Waals surface area contributed by atoms with E-state index in [1.54, 1.807) is 24.5 Å². The van der Waals surface area contributed by atoms with Crippen LogP contribution in [0.4, 0.5) is 27.6 Å². The predicted octanol–water partition coefficient (Wildman–Crippen LogP) is 5.51. The van der Waals surface area contributed by atoms with Crippen LogP contribution < -0.4 is 4.90 Å². The lowest BCUT2D eigenvalue weighted by atomic mass is 9.87. The molecule has 1 fully saturated rings. The minimum Gasteiger partial charge on any atom is -0.349 e. The van der Waals surface area contributed by atoms with Crippen LogP contribution in [0.1, 0.15) is 31.7 Å². The molecule has 1 saturated heterocycles. The zero-order valence-corrected chi connectivity index (χ0v) is 20.6. The summed E-state index contributed by atoms with van der Waals surface area (Å²) in [5.41, 5.74) is -1.51. The van der Waals surface area contributed by atoms with Gasteiger partial charge in [0, 0.05) is 24.5 Å². The lowest BCUT2D eigenvalue weighted by Crippen LogP contribution is -2.44. The molecule has 1 aliphatic heterocycles. The number of hydrogen-bond donors (Lipinski definition) is 1. The highest BCUT2D eigenvalue weighted by molar-refractivity contribution is 7.80. The van der Waals surface area contributed by atoms with Crippen LogP contribution >= 0.6 is 12.2 Å². The number of benzene rings is 1. The summed E-state index contributed by atoms with van der Waals surface area (Å²) < 4.78 is 70.6. The van der Waals surface area contributed by atoms with Crippen molar-refractivity contribution in [1.29, 1.82) is 5.26 Å². The molecule has 0 spiro atoms. The highest BCUT2D eigenvalue weighted by Crippen LogP contribution is 2.43. The number of amides is 1. The van der Waals surface area contributed by atoms with Crippen molar-refractivity contribution < 1.29 is 26.7 Å². The molecule has 2 unspecified atom stereocenters. The zero-order chi connectivity index (χ0) is 27.1. The van der Waals surface area contributed by atoms with E-state index in [2.05, 4.69) is 9.97 Å². The molecule has 1 N–H and O–H groups in total. The largest absolute Gasteiger partial charge is 0.396 e. The topological polar surface area (TPSA) is 76.0 Å². The number of aryl methyl sites for hydroxylation is 2. The average molecular weight is 536 g/mol. The Morgan fingerprint density at radius 3 is 2.54 bits per heavy atom. The summed E-state index contributed by atoms with van der Waals surface area (Å²) in [6.07, 6.45) is 1.21. The second-order valence-corrected chi connectivity index (χ2v) is 9.64. The summed E-state index contributed by atoms with van der Waals surface area (Å²) in [5.74, 6) is -5.82. The number of alkyl halides is 3. The van der Waals surface area contributed by atoms with Crippen molar-refractivity contribution in [3.63, 3.8) is 0 Å². The molecule has 2 aromatic rings. The van der Waals surface area contributed by atoms with Gasteiger partial charge in [-0.05, 0) is 68.8 Å². The predicted molar refractivity (Wildman–Crippen MR) is 129 cm³/mol. The van der Waals surface area contributed by atoms with E-state index in [9.17, 15) is 26.7 Å². The number of anilines is 1. The molecule has 1 aromatic carbocycles. The molecule has 37 heavy (non-hydrogen) atoms. The van der Waals surface area contributed by atoms with E-state index in [4.69, 9.17) is 17.5 Å². The molecule has 2 atom stereocenters. The van der Waals surface area contributed by atoms with E-state index in [0.717, 1.165) is 5.82 Å². The van der Waals surface area contributed by atoms with Gasteiger partial charge in [0.15, 0.2) is 5.11 Å². The molecule has 0 saturated carbocycles. The second-order valence-electron chi connectivity index (χ2n) is 9.27. The molecule has 2 aliphatic rings. The maximum absolute atomic E-state index is 15.0. The normalized spacial score (nSPS) is 21.7. The standard InChI is InChI=1S/C25H22F5N5OS/c1-24(2)22(36)34(20-12-17(25(28,29)30)15(13-31)10-19(20)27)23(37)35(24)16-7-6-14(18(26)11-16)4-3-5-21-32-8-9-33-21/h6-12,15,17H,3-5H2,1-2H3,(H,32,33). The summed E-state index contributed by atoms with van der Waals surface area (Å²) in [6.45, 7) is 2.92. The Kier molecular flexibility index (Phi) is 6.94. The molecule has 0 bridgehead atoms. The van der Waals surface area contributed by atoms with E-state index in [0.29, 0.717) is 41.9 Å². The monoisotopic (exact) mass is 535 g/mol. The minimum absolute atomic E-state index is 0.196. The Balaban J connectivity index is 1.62. The molecule has 1 aliphatic carbocycles. The van der Waals surface area contributed by atoms with E-state index in [1.165, 1.54) is 30.9 Å². The summed E-state index contributed by atoms with van der Waals surface area (Å²) in [7, 11) is 0. The number of nitrogens with one attached hydrogen (secondary N) is 1. The Hall–Kier alpha value is -3.59. The van der Waals surface area contributed by atoms with Crippen LogP contribution in [0.5, 0.6) is 0 Å². The molecule has 2 heterocycles. The van der Waals surface area contributed by atoms with E-state index >= 15 is 0 Å². The van der Waals surface area contributed by atoms with E-state index in [1.807, 2.05) is 0 Å². The van der Waals surface area contributed by atoms with E-state index in [-0.39, 0.29) is 10.8 Å². The molecule has 194 valence electrons.